The Morgan fingerprint density at radius 1 is 1.10 bits per heavy atom. The molecular weight excluding hydrogens is 384 g/mol. The van der Waals surface area contributed by atoms with Crippen LogP contribution in [0.2, 0.25) is 0 Å². The number of nitrogens with zero attached hydrogens (tertiary/aromatic N) is 3. The number of aromatic nitrogens is 3. The number of hydrogen-bond donors (Lipinski definition) is 1. The zero-order valence-electron chi connectivity index (χ0n) is 18.4. The number of ether oxygens (including phenoxy) is 1. The quantitative estimate of drug-likeness (QED) is 0.523. The number of nitrogens with one attached hydrogen (secondary N) is 1. The summed E-state index contributed by atoms with van der Waals surface area (Å²) < 4.78 is 7.30. The maximum absolute atomic E-state index is 12.3. The highest BCUT2D eigenvalue weighted by Crippen LogP contribution is 2.28. The first kappa shape index (κ1) is 23.3. The Morgan fingerprint density at radius 2 is 1.79 bits per heavy atom. The number of hydrogen-bond acceptors (Lipinski definition) is 5. The highest BCUT2D eigenvalue weighted by atomic mass is 32.2. The number of amides is 1. The van der Waals surface area contributed by atoms with E-state index in [2.05, 4.69) is 54.7 Å². The van der Waals surface area contributed by atoms with Crippen LogP contribution in [0.25, 0.3) is 11.4 Å². The minimum Gasteiger partial charge on any atom is -0.497 e. The number of methoxy groups -OCH3 is 1. The normalized spacial score (nSPS) is 12.4. The molecule has 0 aliphatic heterocycles. The van der Waals surface area contributed by atoms with Crippen molar-refractivity contribution in [3.8, 4) is 17.1 Å². The number of rotatable bonds is 11. The van der Waals surface area contributed by atoms with Crippen LogP contribution in [0.1, 0.15) is 59.9 Å². The molecule has 0 saturated carbocycles. The third-order valence-corrected chi connectivity index (χ3v) is 5.63. The third-order valence-electron chi connectivity index (χ3n) is 4.69. The largest absolute Gasteiger partial charge is 0.497 e. The monoisotopic (exact) mass is 418 g/mol. The Morgan fingerprint density at radius 3 is 2.38 bits per heavy atom. The van der Waals surface area contributed by atoms with Gasteiger partial charge in [0, 0.05) is 17.6 Å². The number of thioether (sulfide) groups is 1. The van der Waals surface area contributed by atoms with Gasteiger partial charge in [-0.3, -0.25) is 9.36 Å². The lowest BCUT2D eigenvalue weighted by atomic mass is 10.0. The predicted molar refractivity (Wildman–Crippen MR) is 119 cm³/mol. The molecule has 1 aromatic heterocycles. The van der Waals surface area contributed by atoms with Crippen LogP contribution < -0.4 is 10.1 Å². The minimum absolute atomic E-state index is 0.0383. The molecule has 1 aromatic carbocycles. The molecule has 0 spiro atoms. The smallest absolute Gasteiger partial charge is 0.230 e. The van der Waals surface area contributed by atoms with E-state index in [1.54, 1.807) is 7.11 Å². The summed E-state index contributed by atoms with van der Waals surface area (Å²) in [4.78, 5) is 12.3. The van der Waals surface area contributed by atoms with E-state index in [-0.39, 0.29) is 18.0 Å². The van der Waals surface area contributed by atoms with Gasteiger partial charge in [0.2, 0.25) is 5.91 Å². The summed E-state index contributed by atoms with van der Waals surface area (Å²) >= 11 is 1.43. The fourth-order valence-electron chi connectivity index (χ4n) is 3.13. The summed E-state index contributed by atoms with van der Waals surface area (Å²) in [7, 11) is 1.65. The lowest BCUT2D eigenvalue weighted by Crippen LogP contribution is -2.33. The van der Waals surface area contributed by atoms with E-state index in [9.17, 15) is 4.79 Å². The molecule has 1 heterocycles. The van der Waals surface area contributed by atoms with Gasteiger partial charge in [0.1, 0.15) is 5.75 Å². The summed E-state index contributed by atoms with van der Waals surface area (Å²) in [6.45, 7) is 10.7. The molecule has 0 radical (unpaired) electrons. The Balaban J connectivity index is 1.98. The molecule has 0 aliphatic carbocycles. The van der Waals surface area contributed by atoms with Crippen molar-refractivity contribution in [2.24, 2.45) is 5.92 Å². The van der Waals surface area contributed by atoms with Gasteiger partial charge in [-0.05, 0) is 57.4 Å². The third kappa shape index (κ3) is 7.07. The van der Waals surface area contributed by atoms with Gasteiger partial charge in [-0.25, -0.2) is 0 Å². The summed E-state index contributed by atoms with van der Waals surface area (Å²) in [5, 5.41) is 12.6. The summed E-state index contributed by atoms with van der Waals surface area (Å²) in [5.41, 5.74) is 0.974. The van der Waals surface area contributed by atoms with E-state index in [0.717, 1.165) is 35.1 Å². The van der Waals surface area contributed by atoms with Gasteiger partial charge in [-0.2, -0.15) is 0 Å². The van der Waals surface area contributed by atoms with Crippen LogP contribution in [0.3, 0.4) is 0 Å². The fourth-order valence-corrected chi connectivity index (χ4v) is 4.01. The van der Waals surface area contributed by atoms with E-state index in [4.69, 9.17) is 4.74 Å². The highest BCUT2D eigenvalue weighted by Gasteiger charge is 2.18. The molecule has 7 heteroatoms. The summed E-state index contributed by atoms with van der Waals surface area (Å²) in [6.07, 6.45) is 3.35. The van der Waals surface area contributed by atoms with Gasteiger partial charge in [-0.15, -0.1) is 10.2 Å². The maximum atomic E-state index is 12.3. The van der Waals surface area contributed by atoms with E-state index in [1.807, 2.05) is 24.3 Å². The van der Waals surface area contributed by atoms with Gasteiger partial charge in [0.15, 0.2) is 11.0 Å². The molecule has 0 aliphatic rings. The molecule has 0 unspecified atom stereocenters. The lowest BCUT2D eigenvalue weighted by Gasteiger charge is -2.16. The van der Waals surface area contributed by atoms with Crippen LogP contribution >= 0.6 is 11.8 Å². The van der Waals surface area contributed by atoms with Crippen LogP contribution in [0.15, 0.2) is 29.4 Å². The zero-order chi connectivity index (χ0) is 21.4. The van der Waals surface area contributed by atoms with Crippen molar-refractivity contribution in [2.45, 2.75) is 71.1 Å². The maximum Gasteiger partial charge on any atom is 0.230 e. The molecule has 2 rings (SSSR count). The Bertz CT molecular complexity index is 772. The van der Waals surface area contributed by atoms with Gasteiger partial charge in [-0.1, -0.05) is 38.5 Å². The molecule has 0 bridgehead atoms. The van der Waals surface area contributed by atoms with Crippen molar-refractivity contribution in [3.63, 3.8) is 0 Å². The van der Waals surface area contributed by atoms with Crippen molar-refractivity contribution in [3.05, 3.63) is 24.3 Å². The first-order chi connectivity index (χ1) is 13.8. The average molecular weight is 419 g/mol. The molecule has 1 amide bonds. The molecule has 160 valence electrons. The van der Waals surface area contributed by atoms with Crippen LogP contribution in [0.5, 0.6) is 5.75 Å². The Hall–Kier alpha value is -2.02. The number of carbonyl (C=O) groups excluding carboxylic acids is 1. The number of benzene rings is 1. The second-order valence-electron chi connectivity index (χ2n) is 8.08. The topological polar surface area (TPSA) is 69.0 Å². The highest BCUT2D eigenvalue weighted by molar-refractivity contribution is 7.99. The van der Waals surface area contributed by atoms with E-state index in [0.29, 0.717) is 11.7 Å². The standard InChI is InChI=1S/C22H34N4O2S/c1-15(2)8-7-9-17(5)23-20(27)14-29-22-25-24-21(26(22)16(3)4)18-10-12-19(28-6)13-11-18/h10-13,15-17H,7-9,14H2,1-6H3,(H,23,27)/t17-/m1/s1. The van der Waals surface area contributed by atoms with Crippen molar-refractivity contribution < 1.29 is 9.53 Å². The SMILES string of the molecule is COc1ccc(-c2nnc(SCC(=O)N[C@H](C)CCCC(C)C)n2C(C)C)cc1. The Kier molecular flexibility index (Phi) is 9.01. The average Bonchev–Trinajstić information content (AvgIpc) is 3.10. The number of carbonyl (C=O) groups is 1. The molecule has 2 aromatic rings. The molecule has 1 N–H and O–H groups in total. The van der Waals surface area contributed by atoms with Gasteiger partial charge >= 0.3 is 0 Å². The molecular formula is C22H34N4O2S. The van der Waals surface area contributed by atoms with Crippen molar-refractivity contribution in [1.29, 1.82) is 0 Å². The van der Waals surface area contributed by atoms with Crippen molar-refractivity contribution in [2.75, 3.05) is 12.9 Å². The van der Waals surface area contributed by atoms with Crippen molar-refractivity contribution >= 4 is 17.7 Å². The molecule has 29 heavy (non-hydrogen) atoms. The second-order valence-corrected chi connectivity index (χ2v) is 9.02. The van der Waals surface area contributed by atoms with Crippen molar-refractivity contribution in [1.82, 2.24) is 20.1 Å². The Labute approximate surface area is 178 Å². The molecule has 6 nitrogen and oxygen atoms in total. The molecule has 0 fully saturated rings. The lowest BCUT2D eigenvalue weighted by molar-refractivity contribution is -0.119. The summed E-state index contributed by atoms with van der Waals surface area (Å²) in [5.74, 6) is 2.68. The fraction of sp³-hybridized carbons (Fsp3) is 0.591. The van der Waals surface area contributed by atoms with Crippen LogP contribution in [0, 0.1) is 5.92 Å². The zero-order valence-corrected chi connectivity index (χ0v) is 19.3. The van der Waals surface area contributed by atoms with Gasteiger partial charge in [0.05, 0.1) is 12.9 Å². The van der Waals surface area contributed by atoms with Crippen LogP contribution in [0.4, 0.5) is 0 Å². The predicted octanol–water partition coefficient (Wildman–Crippen LogP) is 4.96. The van der Waals surface area contributed by atoms with E-state index >= 15 is 0 Å². The molecule has 1 atom stereocenters. The van der Waals surface area contributed by atoms with Crippen LogP contribution in [-0.2, 0) is 4.79 Å². The van der Waals surface area contributed by atoms with Crippen LogP contribution in [-0.4, -0.2) is 39.6 Å². The van der Waals surface area contributed by atoms with E-state index in [1.165, 1.54) is 18.2 Å². The van der Waals surface area contributed by atoms with E-state index < -0.39 is 0 Å². The first-order valence-corrected chi connectivity index (χ1v) is 11.3. The summed E-state index contributed by atoms with van der Waals surface area (Å²) in [6, 6.07) is 8.15. The minimum atomic E-state index is 0.0383. The van der Waals surface area contributed by atoms with Gasteiger partial charge in [0.25, 0.3) is 0 Å². The molecule has 0 saturated heterocycles. The second kappa shape index (κ2) is 11.2. The van der Waals surface area contributed by atoms with Gasteiger partial charge < -0.3 is 10.1 Å². The first-order valence-electron chi connectivity index (χ1n) is 10.3.